The van der Waals surface area contributed by atoms with E-state index < -0.39 is 5.97 Å². The lowest BCUT2D eigenvalue weighted by Crippen LogP contribution is -2.02. The second kappa shape index (κ2) is 3.77. The molecule has 3 rings (SSSR count). The molecule has 1 aliphatic rings. The van der Waals surface area contributed by atoms with Crippen molar-refractivity contribution in [2.75, 3.05) is 7.11 Å². The second-order valence-electron chi connectivity index (χ2n) is 4.78. The van der Waals surface area contributed by atoms with Crippen molar-refractivity contribution in [2.24, 2.45) is 7.05 Å². The van der Waals surface area contributed by atoms with Crippen LogP contribution >= 0.6 is 0 Å². The number of methoxy groups -OCH3 is 1. The number of hydrogen-bond donors (Lipinski definition) is 1. The summed E-state index contributed by atoms with van der Waals surface area (Å²) in [6.07, 6.45) is 2.17. The minimum atomic E-state index is -0.851. The topological polar surface area (TPSA) is 51.5 Å². The molecule has 1 aliphatic carbocycles. The fourth-order valence-electron chi connectivity index (χ4n) is 2.63. The Balaban J connectivity index is 2.36. The molecule has 0 bridgehead atoms. The van der Waals surface area contributed by atoms with E-state index in [1.807, 2.05) is 29.8 Å². The van der Waals surface area contributed by atoms with Gasteiger partial charge < -0.3 is 14.4 Å². The summed E-state index contributed by atoms with van der Waals surface area (Å²) >= 11 is 0. The van der Waals surface area contributed by atoms with Gasteiger partial charge in [-0.25, -0.2) is 4.79 Å². The van der Waals surface area contributed by atoms with Crippen LogP contribution in [0.5, 0.6) is 5.75 Å². The van der Waals surface area contributed by atoms with Crippen molar-refractivity contribution in [3.05, 3.63) is 29.5 Å². The molecule has 0 atom stereocenters. The van der Waals surface area contributed by atoms with E-state index >= 15 is 0 Å². The molecule has 0 radical (unpaired) electrons. The average molecular weight is 245 g/mol. The lowest BCUT2D eigenvalue weighted by atomic mass is 10.1. The molecule has 1 saturated carbocycles. The van der Waals surface area contributed by atoms with Crippen LogP contribution in [0.15, 0.2) is 18.2 Å². The number of carboxylic acid groups (broad SMARTS) is 1. The molecule has 0 unspecified atom stereocenters. The zero-order chi connectivity index (χ0) is 12.9. The van der Waals surface area contributed by atoms with Gasteiger partial charge >= 0.3 is 5.97 Å². The Hall–Kier alpha value is -1.97. The minimum Gasteiger partial charge on any atom is -0.497 e. The second-order valence-corrected chi connectivity index (χ2v) is 4.78. The molecule has 1 fully saturated rings. The number of hydrogen-bond acceptors (Lipinski definition) is 2. The first-order valence-corrected chi connectivity index (χ1v) is 6.03. The Labute approximate surface area is 105 Å². The van der Waals surface area contributed by atoms with Crippen molar-refractivity contribution in [3.8, 4) is 5.75 Å². The van der Waals surface area contributed by atoms with Crippen LogP contribution in [0.2, 0.25) is 0 Å². The Kier molecular flexibility index (Phi) is 2.33. The SMILES string of the molecule is COc1ccc2c(c1)c(C(=O)O)c(C1CC1)n2C. The van der Waals surface area contributed by atoms with Gasteiger partial charge in [0.1, 0.15) is 5.75 Å². The Morgan fingerprint density at radius 3 is 2.72 bits per heavy atom. The number of rotatable bonds is 3. The number of ether oxygens (including phenoxy) is 1. The normalized spacial score (nSPS) is 15.0. The number of aryl methyl sites for hydroxylation is 1. The summed E-state index contributed by atoms with van der Waals surface area (Å²) < 4.78 is 7.19. The van der Waals surface area contributed by atoms with Crippen LogP contribution < -0.4 is 4.74 Å². The van der Waals surface area contributed by atoms with E-state index in [1.165, 1.54) is 0 Å². The molecule has 1 aromatic carbocycles. The number of aromatic carboxylic acids is 1. The fourth-order valence-corrected chi connectivity index (χ4v) is 2.63. The first kappa shape index (κ1) is 11.1. The Morgan fingerprint density at radius 2 is 2.17 bits per heavy atom. The number of benzene rings is 1. The van der Waals surface area contributed by atoms with Crippen LogP contribution in [-0.2, 0) is 7.05 Å². The Morgan fingerprint density at radius 1 is 1.44 bits per heavy atom. The number of nitrogens with zero attached hydrogens (tertiary/aromatic N) is 1. The van der Waals surface area contributed by atoms with Crippen LogP contribution in [0.25, 0.3) is 10.9 Å². The quantitative estimate of drug-likeness (QED) is 0.904. The highest BCUT2D eigenvalue weighted by atomic mass is 16.5. The molecule has 0 amide bonds. The van der Waals surface area contributed by atoms with Crippen molar-refractivity contribution < 1.29 is 14.6 Å². The van der Waals surface area contributed by atoms with Gasteiger partial charge in [0.25, 0.3) is 0 Å². The third-order valence-corrected chi connectivity index (χ3v) is 3.63. The molecule has 18 heavy (non-hydrogen) atoms. The third kappa shape index (κ3) is 1.49. The molecular weight excluding hydrogens is 230 g/mol. The summed E-state index contributed by atoms with van der Waals surface area (Å²) in [5.41, 5.74) is 2.34. The highest BCUT2D eigenvalue weighted by molar-refractivity contribution is 6.05. The van der Waals surface area contributed by atoms with E-state index in [0.717, 1.165) is 29.4 Å². The zero-order valence-electron chi connectivity index (χ0n) is 10.4. The van der Waals surface area contributed by atoms with E-state index in [9.17, 15) is 9.90 Å². The number of aromatic nitrogens is 1. The van der Waals surface area contributed by atoms with Crippen molar-refractivity contribution in [2.45, 2.75) is 18.8 Å². The van der Waals surface area contributed by atoms with Crippen LogP contribution in [-0.4, -0.2) is 22.8 Å². The summed E-state index contributed by atoms with van der Waals surface area (Å²) in [4.78, 5) is 11.5. The van der Waals surface area contributed by atoms with Crippen molar-refractivity contribution in [1.82, 2.24) is 4.57 Å². The maximum atomic E-state index is 11.5. The maximum absolute atomic E-state index is 11.5. The summed E-state index contributed by atoms with van der Waals surface area (Å²) in [5.74, 6) is 0.244. The number of carbonyl (C=O) groups is 1. The van der Waals surface area contributed by atoms with E-state index in [-0.39, 0.29) is 0 Å². The average Bonchev–Trinajstić information content (AvgIpc) is 3.14. The van der Waals surface area contributed by atoms with Gasteiger partial charge in [-0.3, -0.25) is 0 Å². The van der Waals surface area contributed by atoms with Crippen molar-refractivity contribution >= 4 is 16.9 Å². The number of carboxylic acids is 1. The Bertz CT molecular complexity index is 638. The standard InChI is InChI=1S/C14H15NO3/c1-15-11-6-5-9(18-2)7-10(11)12(14(16)17)13(15)8-3-4-8/h5-8H,3-4H2,1-2H3,(H,16,17). The summed E-state index contributed by atoms with van der Waals surface area (Å²) in [6.45, 7) is 0. The highest BCUT2D eigenvalue weighted by Crippen LogP contribution is 2.44. The van der Waals surface area contributed by atoms with Crippen LogP contribution in [0.3, 0.4) is 0 Å². The molecule has 1 aromatic heterocycles. The van der Waals surface area contributed by atoms with Gasteiger partial charge in [-0.2, -0.15) is 0 Å². The predicted molar refractivity (Wildman–Crippen MR) is 68.4 cm³/mol. The third-order valence-electron chi connectivity index (χ3n) is 3.63. The fraction of sp³-hybridized carbons (Fsp3) is 0.357. The van der Waals surface area contributed by atoms with E-state index in [2.05, 4.69) is 0 Å². The van der Waals surface area contributed by atoms with E-state index in [0.29, 0.717) is 17.2 Å². The molecule has 0 spiro atoms. The first-order chi connectivity index (χ1) is 8.63. The van der Waals surface area contributed by atoms with Gasteiger partial charge in [-0.15, -0.1) is 0 Å². The van der Waals surface area contributed by atoms with Gasteiger partial charge in [0, 0.05) is 29.6 Å². The monoisotopic (exact) mass is 245 g/mol. The highest BCUT2D eigenvalue weighted by Gasteiger charge is 2.33. The summed E-state index contributed by atoms with van der Waals surface area (Å²) in [6, 6.07) is 5.60. The first-order valence-electron chi connectivity index (χ1n) is 6.03. The molecule has 4 nitrogen and oxygen atoms in total. The van der Waals surface area contributed by atoms with Crippen LogP contribution in [0.4, 0.5) is 0 Å². The molecule has 2 aromatic rings. The van der Waals surface area contributed by atoms with Crippen molar-refractivity contribution in [3.63, 3.8) is 0 Å². The van der Waals surface area contributed by atoms with Crippen molar-refractivity contribution in [1.29, 1.82) is 0 Å². The number of fused-ring (bicyclic) bond motifs is 1. The lowest BCUT2D eigenvalue weighted by Gasteiger charge is -2.03. The van der Waals surface area contributed by atoms with Crippen LogP contribution in [0, 0.1) is 0 Å². The van der Waals surface area contributed by atoms with E-state index in [4.69, 9.17) is 4.74 Å². The van der Waals surface area contributed by atoms with Crippen LogP contribution in [0.1, 0.15) is 34.8 Å². The molecule has 4 heteroatoms. The molecule has 0 saturated heterocycles. The van der Waals surface area contributed by atoms with Gasteiger partial charge in [-0.05, 0) is 31.0 Å². The molecule has 0 aliphatic heterocycles. The zero-order valence-corrected chi connectivity index (χ0v) is 10.4. The molecule has 94 valence electrons. The van der Waals surface area contributed by atoms with E-state index in [1.54, 1.807) is 7.11 Å². The maximum Gasteiger partial charge on any atom is 0.338 e. The lowest BCUT2D eigenvalue weighted by molar-refractivity contribution is 0.0697. The molecule has 1 heterocycles. The van der Waals surface area contributed by atoms with Gasteiger partial charge in [-0.1, -0.05) is 0 Å². The molecule has 1 N–H and O–H groups in total. The van der Waals surface area contributed by atoms with Gasteiger partial charge in [0.05, 0.1) is 12.7 Å². The molecular formula is C14H15NO3. The predicted octanol–water partition coefficient (Wildman–Crippen LogP) is 2.76. The largest absolute Gasteiger partial charge is 0.497 e. The minimum absolute atomic E-state index is 0.402. The smallest absolute Gasteiger partial charge is 0.338 e. The summed E-state index contributed by atoms with van der Waals surface area (Å²) in [5, 5.41) is 10.2. The van der Waals surface area contributed by atoms with Gasteiger partial charge in [0.15, 0.2) is 0 Å². The summed E-state index contributed by atoms with van der Waals surface area (Å²) in [7, 11) is 3.53. The van der Waals surface area contributed by atoms with Gasteiger partial charge in [0.2, 0.25) is 0 Å².